The normalized spacial score (nSPS) is 19.5. The first-order valence-electron chi connectivity index (χ1n) is 12.5. The van der Waals surface area contributed by atoms with Gasteiger partial charge in [-0.3, -0.25) is 0 Å². The van der Waals surface area contributed by atoms with Gasteiger partial charge >= 0.3 is 12.7 Å². The molecule has 1 fully saturated rings. The van der Waals surface area contributed by atoms with Gasteiger partial charge in [0.25, 0.3) is 0 Å². The molecule has 3 N–H and O–H groups in total. The minimum absolute atomic E-state index is 0.0918. The summed E-state index contributed by atoms with van der Waals surface area (Å²) in [7, 11) is 0. The lowest BCUT2D eigenvalue weighted by Gasteiger charge is -2.33. The summed E-state index contributed by atoms with van der Waals surface area (Å²) in [6, 6.07) is 18.0. The highest BCUT2D eigenvalue weighted by atomic mass is 19.4. The van der Waals surface area contributed by atoms with Crippen LogP contribution >= 0.6 is 0 Å². The summed E-state index contributed by atoms with van der Waals surface area (Å²) >= 11 is 0. The zero-order valence-electron chi connectivity index (χ0n) is 21.3. The number of rotatable bonds is 8. The van der Waals surface area contributed by atoms with Gasteiger partial charge in [0.15, 0.2) is 0 Å². The highest BCUT2D eigenvalue weighted by Crippen LogP contribution is 2.39. The zero-order valence-corrected chi connectivity index (χ0v) is 21.3. The zero-order chi connectivity index (χ0) is 29.8. The minimum Gasteiger partial charge on any atom is -0.406 e. The van der Waals surface area contributed by atoms with Gasteiger partial charge < -0.3 is 34.4 Å². The Hall–Kier alpha value is -3.52. The largest absolute Gasteiger partial charge is 0.573 e. The third-order valence-corrected chi connectivity index (χ3v) is 6.47. The molecule has 1 saturated heterocycles. The van der Waals surface area contributed by atoms with Gasteiger partial charge in [0.05, 0.1) is 19.3 Å². The molecule has 13 heteroatoms. The first-order chi connectivity index (χ1) is 19.4. The van der Waals surface area contributed by atoms with E-state index < -0.39 is 31.5 Å². The van der Waals surface area contributed by atoms with Crippen LogP contribution in [0.5, 0.6) is 11.5 Å². The summed E-state index contributed by atoms with van der Waals surface area (Å²) < 4.78 is 85.1. The highest BCUT2D eigenvalue weighted by molar-refractivity contribution is 5.60. The number of halogens is 6. The maximum Gasteiger partial charge on any atom is 0.573 e. The molecule has 0 aromatic heterocycles. The fourth-order valence-electron chi connectivity index (χ4n) is 4.66. The van der Waals surface area contributed by atoms with Gasteiger partial charge in [0, 0.05) is 12.2 Å². The van der Waals surface area contributed by atoms with E-state index in [4.69, 9.17) is 9.84 Å². The highest BCUT2D eigenvalue weighted by Gasteiger charge is 2.39. The molecule has 2 aliphatic rings. The van der Waals surface area contributed by atoms with Crippen LogP contribution in [0.1, 0.15) is 28.8 Å². The molecule has 3 aromatic rings. The Balaban J connectivity index is 0.000000208. The van der Waals surface area contributed by atoms with Crippen LogP contribution in [-0.2, 0) is 11.2 Å². The van der Waals surface area contributed by atoms with E-state index in [2.05, 4.69) is 9.47 Å². The van der Waals surface area contributed by atoms with Gasteiger partial charge in [0.1, 0.15) is 29.8 Å². The molecular formula is C28H27F6NO6. The summed E-state index contributed by atoms with van der Waals surface area (Å²) in [6.45, 7) is 0.109. The van der Waals surface area contributed by atoms with Crippen molar-refractivity contribution in [3.63, 3.8) is 0 Å². The quantitative estimate of drug-likeness (QED) is 0.251. The van der Waals surface area contributed by atoms with E-state index in [1.807, 2.05) is 29.2 Å². The number of fused-ring (bicyclic) bond motifs is 1. The molecule has 0 amide bonds. The average molecular weight is 588 g/mol. The van der Waals surface area contributed by atoms with Gasteiger partial charge in [-0.2, -0.15) is 0 Å². The number of aliphatic hydroxyl groups excluding tert-OH is 3. The number of hydrogen-bond acceptors (Lipinski definition) is 7. The Morgan fingerprint density at radius 3 is 1.90 bits per heavy atom. The third kappa shape index (κ3) is 8.26. The fraction of sp³-hybridized carbons (Fsp3) is 0.357. The third-order valence-electron chi connectivity index (χ3n) is 6.47. The molecule has 0 radical (unpaired) electrons. The smallest absolute Gasteiger partial charge is 0.406 e. The Bertz CT molecular complexity index is 1270. The predicted octanol–water partition coefficient (Wildman–Crippen LogP) is 5.06. The number of hydrogen-bond donors (Lipinski definition) is 3. The summed E-state index contributed by atoms with van der Waals surface area (Å²) in [4.78, 5) is 1.97. The number of anilines is 1. The molecule has 0 saturated carbocycles. The Morgan fingerprint density at radius 1 is 0.829 bits per heavy atom. The van der Waals surface area contributed by atoms with Crippen LogP contribution in [0.4, 0.5) is 32.0 Å². The van der Waals surface area contributed by atoms with Crippen molar-refractivity contribution < 1.29 is 55.9 Å². The molecule has 41 heavy (non-hydrogen) atoms. The predicted molar refractivity (Wildman–Crippen MR) is 134 cm³/mol. The molecule has 2 heterocycles. The van der Waals surface area contributed by atoms with Crippen molar-refractivity contribution in [3.8, 4) is 11.5 Å². The van der Waals surface area contributed by atoms with Crippen LogP contribution in [-0.4, -0.2) is 60.0 Å². The maximum atomic E-state index is 12.3. The maximum absolute atomic E-state index is 12.3. The molecule has 0 spiro atoms. The number of alkyl halides is 6. The second-order valence-corrected chi connectivity index (χ2v) is 9.28. The molecule has 0 aliphatic carbocycles. The number of para-hydroxylation sites is 1. The van der Waals surface area contributed by atoms with Crippen molar-refractivity contribution >= 4 is 5.69 Å². The summed E-state index contributed by atoms with van der Waals surface area (Å²) in [5, 5.41) is 28.5. The van der Waals surface area contributed by atoms with Crippen LogP contribution in [0, 0.1) is 0 Å². The molecule has 2 aliphatic heterocycles. The molecule has 3 aromatic carbocycles. The molecule has 7 nitrogen and oxygen atoms in total. The van der Waals surface area contributed by atoms with Crippen LogP contribution in [0.2, 0.25) is 0 Å². The lowest BCUT2D eigenvalue weighted by molar-refractivity contribution is -0.275. The molecule has 222 valence electrons. The van der Waals surface area contributed by atoms with Gasteiger partial charge in [-0.25, -0.2) is 0 Å². The van der Waals surface area contributed by atoms with Crippen molar-refractivity contribution in [2.24, 2.45) is 0 Å². The van der Waals surface area contributed by atoms with Crippen LogP contribution in [0.25, 0.3) is 0 Å². The van der Waals surface area contributed by atoms with Crippen LogP contribution < -0.4 is 14.4 Å². The molecule has 4 unspecified atom stereocenters. The summed E-state index contributed by atoms with van der Waals surface area (Å²) in [6.07, 6.45) is -10.1. The standard InChI is InChI=1S/C18H18F3NO3.C10H9F3O3/c19-18(20,21)25-14-7-5-13(6-8-14)17(16(24)11-23)22-10-9-12-3-1-2-4-15(12)22;11-10(12,13)16-7-3-1-6(2-4-7)9-8(5-14)15-9/h1-8,16-17,23-24H,9-11H2;1-4,8-9,14H,5H2. The van der Waals surface area contributed by atoms with E-state index in [1.165, 1.54) is 48.5 Å². The van der Waals surface area contributed by atoms with Gasteiger partial charge in [-0.1, -0.05) is 42.5 Å². The van der Waals surface area contributed by atoms with E-state index in [1.54, 1.807) is 0 Å². The van der Waals surface area contributed by atoms with E-state index in [0.29, 0.717) is 12.1 Å². The van der Waals surface area contributed by atoms with Gasteiger partial charge in [-0.15, -0.1) is 26.3 Å². The van der Waals surface area contributed by atoms with Crippen molar-refractivity contribution in [2.45, 2.75) is 43.5 Å². The van der Waals surface area contributed by atoms with Crippen LogP contribution in [0.3, 0.4) is 0 Å². The average Bonchev–Trinajstić information content (AvgIpc) is 3.60. The fourth-order valence-corrected chi connectivity index (χ4v) is 4.66. The number of ether oxygens (including phenoxy) is 3. The number of benzene rings is 3. The van der Waals surface area contributed by atoms with Crippen molar-refractivity contribution in [2.75, 3.05) is 24.7 Å². The Morgan fingerprint density at radius 2 is 1.39 bits per heavy atom. The van der Waals surface area contributed by atoms with Crippen molar-refractivity contribution in [1.29, 1.82) is 0 Å². The Labute approximate surface area is 231 Å². The van der Waals surface area contributed by atoms with E-state index >= 15 is 0 Å². The molecule has 0 bridgehead atoms. The first-order valence-corrected chi connectivity index (χ1v) is 12.5. The lowest BCUT2D eigenvalue weighted by atomic mass is 9.99. The lowest BCUT2D eigenvalue weighted by Crippen LogP contribution is -2.37. The molecular weight excluding hydrogens is 560 g/mol. The monoisotopic (exact) mass is 587 g/mol. The topological polar surface area (TPSA) is 94.9 Å². The van der Waals surface area contributed by atoms with E-state index in [-0.39, 0.29) is 30.3 Å². The van der Waals surface area contributed by atoms with E-state index in [0.717, 1.165) is 23.2 Å². The first kappa shape index (κ1) is 30.4. The van der Waals surface area contributed by atoms with Crippen molar-refractivity contribution in [1.82, 2.24) is 0 Å². The SMILES string of the molecule is OCC(O)C(c1ccc(OC(F)(F)F)cc1)N1CCc2ccccc21.OCC1OC1c1ccc(OC(F)(F)F)cc1. The second-order valence-electron chi connectivity index (χ2n) is 9.28. The van der Waals surface area contributed by atoms with E-state index in [9.17, 15) is 36.6 Å². The number of epoxide rings is 1. The number of nitrogens with zero attached hydrogens (tertiary/aromatic N) is 1. The number of aliphatic hydroxyl groups is 3. The van der Waals surface area contributed by atoms with Gasteiger partial charge in [0.2, 0.25) is 0 Å². The summed E-state index contributed by atoms with van der Waals surface area (Å²) in [5.41, 5.74) is 3.42. The van der Waals surface area contributed by atoms with Crippen molar-refractivity contribution in [3.05, 3.63) is 89.5 Å². The summed E-state index contributed by atoms with van der Waals surface area (Å²) in [5.74, 6) is -0.590. The van der Waals surface area contributed by atoms with Gasteiger partial charge in [-0.05, 0) is 53.4 Å². The van der Waals surface area contributed by atoms with Crippen LogP contribution in [0.15, 0.2) is 72.8 Å². The Kier molecular flexibility index (Phi) is 9.32. The minimum atomic E-state index is -4.75. The molecule has 4 atom stereocenters. The second kappa shape index (κ2) is 12.6. The molecule has 5 rings (SSSR count).